The van der Waals surface area contributed by atoms with Crippen molar-refractivity contribution in [3.63, 3.8) is 0 Å². The summed E-state index contributed by atoms with van der Waals surface area (Å²) in [5.41, 5.74) is -0.428. The largest absolute Gasteiger partial charge is 0.492 e. The summed E-state index contributed by atoms with van der Waals surface area (Å²) in [7, 11) is 0. The number of rotatable bonds is 5. The van der Waals surface area contributed by atoms with Crippen LogP contribution in [0.5, 0.6) is 11.8 Å². The average Bonchev–Trinajstić information content (AvgIpc) is 2.94. The van der Waals surface area contributed by atoms with E-state index >= 15 is 0 Å². The van der Waals surface area contributed by atoms with Gasteiger partial charge in [0.25, 0.3) is 0 Å². The van der Waals surface area contributed by atoms with Gasteiger partial charge in [0.15, 0.2) is 5.56 Å². The van der Waals surface area contributed by atoms with Crippen LogP contribution in [0.3, 0.4) is 0 Å². The molecule has 1 aromatic carbocycles. The van der Waals surface area contributed by atoms with Gasteiger partial charge in [-0.1, -0.05) is 12.1 Å². The topological polar surface area (TPSA) is 105 Å². The normalized spacial score (nSPS) is 10.8. The van der Waals surface area contributed by atoms with Crippen LogP contribution in [0.4, 0.5) is 5.69 Å². The van der Waals surface area contributed by atoms with Crippen LogP contribution in [-0.2, 0) is 0 Å². The Balaban J connectivity index is 2.21. The molecule has 3 rings (SSSR count). The maximum absolute atomic E-state index is 12.7. The van der Waals surface area contributed by atoms with Gasteiger partial charge in [-0.15, -0.1) is 4.73 Å². The molecule has 0 spiro atoms. The fraction of sp³-hybridized carbons (Fsp3) is 0.222. The number of hydrogen-bond donors (Lipinski definition) is 2. The zero-order valence-corrected chi connectivity index (χ0v) is 14.3. The number of fused-ring (bicyclic) bond motifs is 1. The number of anilines is 1. The van der Waals surface area contributed by atoms with Gasteiger partial charge >= 0.3 is 11.6 Å². The van der Waals surface area contributed by atoms with Crippen molar-refractivity contribution in [1.82, 2.24) is 4.73 Å². The summed E-state index contributed by atoms with van der Waals surface area (Å²) in [4.78, 5) is 32.0. The predicted molar refractivity (Wildman–Crippen MR) is 94.7 cm³/mol. The fourth-order valence-corrected chi connectivity index (χ4v) is 2.81. The van der Waals surface area contributed by atoms with E-state index < -0.39 is 23.4 Å². The van der Waals surface area contributed by atoms with Crippen LogP contribution in [0.15, 0.2) is 45.6 Å². The van der Waals surface area contributed by atoms with Crippen LogP contribution < -0.4 is 15.4 Å². The molecule has 0 saturated heterocycles. The first-order valence-corrected chi connectivity index (χ1v) is 8.11. The van der Waals surface area contributed by atoms with Crippen LogP contribution in [0.2, 0.25) is 0 Å². The van der Waals surface area contributed by atoms with Gasteiger partial charge in [-0.25, -0.2) is 9.59 Å². The van der Waals surface area contributed by atoms with E-state index in [9.17, 15) is 19.8 Å². The quantitative estimate of drug-likeness (QED) is 0.673. The van der Waals surface area contributed by atoms with Crippen molar-refractivity contribution in [1.29, 1.82) is 0 Å². The van der Waals surface area contributed by atoms with Crippen molar-refractivity contribution in [3.05, 3.63) is 52.4 Å². The second-order valence-corrected chi connectivity index (χ2v) is 5.50. The summed E-state index contributed by atoms with van der Waals surface area (Å²) in [5, 5.41) is 19.9. The summed E-state index contributed by atoms with van der Waals surface area (Å²) in [5.74, 6) is -2.01. The molecule has 0 bridgehead atoms. The molecule has 0 saturated carbocycles. The van der Waals surface area contributed by atoms with E-state index in [-0.39, 0.29) is 5.56 Å². The maximum Gasteiger partial charge on any atom is 0.373 e. The highest BCUT2D eigenvalue weighted by Gasteiger charge is 2.27. The molecule has 8 nitrogen and oxygen atoms in total. The minimum atomic E-state index is -1.05. The molecule has 0 unspecified atom stereocenters. The molecule has 2 N–H and O–H groups in total. The molecule has 0 atom stereocenters. The van der Waals surface area contributed by atoms with E-state index in [1.54, 1.807) is 24.3 Å². The molecule has 136 valence electrons. The molecule has 0 aliphatic heterocycles. The average molecular weight is 358 g/mol. The molecule has 0 amide bonds. The summed E-state index contributed by atoms with van der Waals surface area (Å²) >= 11 is 0. The first kappa shape index (κ1) is 17.4. The Kier molecular flexibility index (Phi) is 4.57. The number of aromatic nitrogens is 1. The number of carbonyl (C=O) groups excluding carboxylic acids is 1. The van der Waals surface area contributed by atoms with E-state index in [2.05, 4.69) is 0 Å². The van der Waals surface area contributed by atoms with Gasteiger partial charge in [0.2, 0.25) is 11.8 Å². The number of carbonyl (C=O) groups is 1. The van der Waals surface area contributed by atoms with E-state index in [0.717, 1.165) is 12.1 Å². The lowest BCUT2D eigenvalue weighted by atomic mass is 10.1. The van der Waals surface area contributed by atoms with Crippen molar-refractivity contribution >= 4 is 22.6 Å². The summed E-state index contributed by atoms with van der Waals surface area (Å²) in [6.45, 7) is 4.88. The molecule has 0 radical (unpaired) electrons. The van der Waals surface area contributed by atoms with Crippen LogP contribution >= 0.6 is 0 Å². The van der Waals surface area contributed by atoms with Gasteiger partial charge in [0.1, 0.15) is 5.58 Å². The molecule has 2 heterocycles. The van der Waals surface area contributed by atoms with Crippen molar-refractivity contribution in [2.24, 2.45) is 0 Å². The Hall–Kier alpha value is -3.42. The fourth-order valence-electron chi connectivity index (χ4n) is 2.81. The number of para-hydroxylation sites is 1. The minimum Gasteiger partial charge on any atom is -0.492 e. The molecule has 8 heteroatoms. The molecule has 0 fully saturated rings. The van der Waals surface area contributed by atoms with Gasteiger partial charge in [0.05, 0.1) is 5.69 Å². The molecule has 2 aromatic heterocycles. The summed E-state index contributed by atoms with van der Waals surface area (Å²) in [6.07, 6.45) is 0. The first-order chi connectivity index (χ1) is 12.5. The third-order valence-electron chi connectivity index (χ3n) is 4.04. The van der Waals surface area contributed by atoms with E-state index in [4.69, 9.17) is 9.25 Å². The molecule has 26 heavy (non-hydrogen) atoms. The van der Waals surface area contributed by atoms with Crippen molar-refractivity contribution in [2.45, 2.75) is 13.8 Å². The third kappa shape index (κ3) is 2.85. The number of hydrogen-bond acceptors (Lipinski definition) is 7. The zero-order valence-electron chi connectivity index (χ0n) is 14.3. The molecular formula is C18H18N2O6. The second-order valence-electron chi connectivity index (χ2n) is 5.50. The van der Waals surface area contributed by atoms with Crippen molar-refractivity contribution in [2.75, 3.05) is 18.0 Å². The molecule has 0 aliphatic rings. The Morgan fingerprint density at radius 2 is 1.73 bits per heavy atom. The highest BCUT2D eigenvalue weighted by atomic mass is 16.7. The third-order valence-corrected chi connectivity index (χ3v) is 4.04. The highest BCUT2D eigenvalue weighted by Crippen LogP contribution is 2.29. The maximum atomic E-state index is 12.7. The first-order valence-electron chi connectivity index (χ1n) is 8.11. The lowest BCUT2D eigenvalue weighted by molar-refractivity contribution is 0.0378. The van der Waals surface area contributed by atoms with Crippen LogP contribution in [0, 0.1) is 0 Å². The number of benzene rings is 1. The highest BCUT2D eigenvalue weighted by molar-refractivity contribution is 6.04. The van der Waals surface area contributed by atoms with Gasteiger partial charge in [-0.05, 0) is 26.0 Å². The lowest BCUT2D eigenvalue weighted by Gasteiger charge is -2.24. The smallest absolute Gasteiger partial charge is 0.373 e. The predicted octanol–water partition coefficient (Wildman–Crippen LogP) is 2.12. The second kappa shape index (κ2) is 6.83. The molecular weight excluding hydrogens is 340 g/mol. The Morgan fingerprint density at radius 3 is 2.35 bits per heavy atom. The Bertz CT molecular complexity index is 997. The molecule has 3 aromatic rings. The standard InChI is InChI=1S/C18H18N2O6/c1-3-19(4-2)16-11-7-5-6-8-12(11)25-17(23)15(16)18(24)26-20-13(21)9-10-14(20)22/h5-10,21-22H,3-4H2,1-2H3. The number of aromatic hydroxyl groups is 2. The van der Waals surface area contributed by atoms with E-state index in [1.807, 2.05) is 18.7 Å². The van der Waals surface area contributed by atoms with Gasteiger partial charge in [0, 0.05) is 30.6 Å². The van der Waals surface area contributed by atoms with Gasteiger partial charge in [-0.2, -0.15) is 0 Å². The SMILES string of the molecule is CCN(CC)c1c(C(=O)On2c(O)ccc2O)c(=O)oc2ccccc12. The number of nitrogens with zero attached hydrogens (tertiary/aromatic N) is 2. The van der Waals surface area contributed by atoms with Gasteiger partial charge < -0.3 is 24.4 Å². The Morgan fingerprint density at radius 1 is 1.12 bits per heavy atom. The monoisotopic (exact) mass is 358 g/mol. The van der Waals surface area contributed by atoms with Crippen LogP contribution in [0.25, 0.3) is 11.0 Å². The zero-order chi connectivity index (χ0) is 18.8. The van der Waals surface area contributed by atoms with Crippen molar-refractivity contribution in [3.8, 4) is 11.8 Å². The molecule has 0 aliphatic carbocycles. The van der Waals surface area contributed by atoms with E-state index in [1.165, 1.54) is 0 Å². The lowest BCUT2D eigenvalue weighted by Crippen LogP contribution is -2.31. The summed E-state index contributed by atoms with van der Waals surface area (Å²) < 4.78 is 5.79. The Labute approximate surface area is 148 Å². The minimum absolute atomic E-state index is 0.306. The van der Waals surface area contributed by atoms with Crippen LogP contribution in [0.1, 0.15) is 24.2 Å². The summed E-state index contributed by atoms with van der Waals surface area (Å²) in [6, 6.07) is 9.18. The van der Waals surface area contributed by atoms with E-state index in [0.29, 0.717) is 34.5 Å². The van der Waals surface area contributed by atoms with Crippen LogP contribution in [-0.4, -0.2) is 34.0 Å². The van der Waals surface area contributed by atoms with Crippen molar-refractivity contribution < 1.29 is 24.3 Å². The van der Waals surface area contributed by atoms with Gasteiger partial charge in [-0.3, -0.25) is 0 Å².